The van der Waals surface area contributed by atoms with Gasteiger partial charge in [-0.1, -0.05) is 60.7 Å². The third-order valence-corrected chi connectivity index (χ3v) is 4.62. The lowest BCUT2D eigenvalue weighted by Crippen LogP contribution is -2.42. The van der Waals surface area contributed by atoms with Gasteiger partial charge in [-0.2, -0.15) is 0 Å². The molecule has 1 heterocycles. The summed E-state index contributed by atoms with van der Waals surface area (Å²) in [7, 11) is 0. The van der Waals surface area contributed by atoms with Gasteiger partial charge >= 0.3 is 6.09 Å². The van der Waals surface area contributed by atoms with Crippen molar-refractivity contribution >= 4 is 6.09 Å². The lowest BCUT2D eigenvalue weighted by molar-refractivity contribution is 0.0827. The van der Waals surface area contributed by atoms with Gasteiger partial charge in [0.05, 0.1) is 0 Å². The van der Waals surface area contributed by atoms with Gasteiger partial charge in [0.2, 0.25) is 0 Å². The van der Waals surface area contributed by atoms with Gasteiger partial charge in [0.1, 0.15) is 6.61 Å². The molecule has 4 nitrogen and oxygen atoms in total. The molecule has 0 spiro atoms. The maximum atomic E-state index is 12.5. The van der Waals surface area contributed by atoms with Crippen molar-refractivity contribution in [3.8, 4) is 0 Å². The molecule has 0 aromatic heterocycles. The molecule has 2 aromatic carbocycles. The minimum absolute atomic E-state index is 0.148. The van der Waals surface area contributed by atoms with E-state index < -0.39 is 0 Å². The van der Waals surface area contributed by atoms with E-state index in [9.17, 15) is 4.79 Å². The molecule has 0 aliphatic carbocycles. The van der Waals surface area contributed by atoms with Crippen molar-refractivity contribution in [2.24, 2.45) is 0 Å². The summed E-state index contributed by atoms with van der Waals surface area (Å²) < 4.78 is 5.52. The topological polar surface area (TPSA) is 32.8 Å². The van der Waals surface area contributed by atoms with Crippen LogP contribution >= 0.6 is 0 Å². The monoisotopic (exact) mass is 338 g/mol. The Labute approximate surface area is 150 Å². The summed E-state index contributed by atoms with van der Waals surface area (Å²) in [6.07, 6.45) is 0.760. The number of ether oxygens (including phenoxy) is 1. The van der Waals surface area contributed by atoms with E-state index in [0.29, 0.717) is 6.61 Å². The van der Waals surface area contributed by atoms with Gasteiger partial charge in [-0.15, -0.1) is 0 Å². The van der Waals surface area contributed by atoms with Crippen LogP contribution in [0.4, 0.5) is 4.79 Å². The number of carbonyl (C=O) groups excluding carboxylic acids is 1. The van der Waals surface area contributed by atoms with Crippen LogP contribution in [0.25, 0.3) is 0 Å². The summed E-state index contributed by atoms with van der Waals surface area (Å²) in [5, 5.41) is 0. The molecule has 1 atom stereocenters. The van der Waals surface area contributed by atoms with E-state index >= 15 is 0 Å². The van der Waals surface area contributed by atoms with Gasteiger partial charge in [0, 0.05) is 32.2 Å². The van der Waals surface area contributed by atoms with Crippen molar-refractivity contribution in [2.75, 3.05) is 19.6 Å². The summed E-state index contributed by atoms with van der Waals surface area (Å²) in [5.74, 6) is 0. The quantitative estimate of drug-likeness (QED) is 0.847. The van der Waals surface area contributed by atoms with Gasteiger partial charge in [0.15, 0.2) is 0 Å². The maximum Gasteiger partial charge on any atom is 0.410 e. The number of rotatable bonds is 4. The van der Waals surface area contributed by atoms with Crippen molar-refractivity contribution < 1.29 is 9.53 Å². The van der Waals surface area contributed by atoms with E-state index in [4.69, 9.17) is 4.74 Å². The smallest absolute Gasteiger partial charge is 0.410 e. The zero-order chi connectivity index (χ0) is 17.5. The zero-order valence-electron chi connectivity index (χ0n) is 14.8. The Morgan fingerprint density at radius 3 is 2.32 bits per heavy atom. The lowest BCUT2D eigenvalue weighted by Gasteiger charge is -2.28. The van der Waals surface area contributed by atoms with Crippen LogP contribution in [-0.4, -0.2) is 41.6 Å². The first-order valence-corrected chi connectivity index (χ1v) is 8.96. The maximum absolute atomic E-state index is 12.5. The van der Waals surface area contributed by atoms with Gasteiger partial charge in [-0.05, 0) is 24.5 Å². The Bertz CT molecular complexity index is 660. The fourth-order valence-electron chi connectivity index (χ4n) is 3.31. The number of hydrogen-bond acceptors (Lipinski definition) is 3. The van der Waals surface area contributed by atoms with Gasteiger partial charge in [-0.25, -0.2) is 4.79 Å². The third-order valence-electron chi connectivity index (χ3n) is 4.62. The minimum atomic E-state index is -0.210. The molecular formula is C21H26N2O2. The van der Waals surface area contributed by atoms with E-state index in [1.807, 2.05) is 41.3 Å². The summed E-state index contributed by atoms with van der Waals surface area (Å²) in [5.41, 5.74) is 2.33. The summed E-state index contributed by atoms with van der Waals surface area (Å²) in [6.45, 7) is 5.99. The van der Waals surface area contributed by atoms with Crippen molar-refractivity contribution in [1.29, 1.82) is 0 Å². The van der Waals surface area contributed by atoms with E-state index in [1.54, 1.807) is 0 Å². The second-order valence-corrected chi connectivity index (χ2v) is 6.66. The fourth-order valence-corrected chi connectivity index (χ4v) is 3.31. The number of benzene rings is 2. The van der Waals surface area contributed by atoms with Crippen LogP contribution in [0.3, 0.4) is 0 Å². The van der Waals surface area contributed by atoms with Crippen LogP contribution in [0, 0.1) is 0 Å². The number of hydrogen-bond donors (Lipinski definition) is 0. The van der Waals surface area contributed by atoms with Crippen LogP contribution in [0.1, 0.15) is 24.5 Å². The summed E-state index contributed by atoms with van der Waals surface area (Å²) in [6, 6.07) is 20.5. The molecule has 1 fully saturated rings. The largest absolute Gasteiger partial charge is 0.445 e. The first-order valence-electron chi connectivity index (χ1n) is 8.96. The highest BCUT2D eigenvalue weighted by molar-refractivity contribution is 5.68. The Morgan fingerprint density at radius 2 is 1.64 bits per heavy atom. The Morgan fingerprint density at radius 1 is 1.00 bits per heavy atom. The van der Waals surface area contributed by atoms with Crippen LogP contribution in [0.2, 0.25) is 0 Å². The molecule has 2 aromatic rings. The molecule has 25 heavy (non-hydrogen) atoms. The molecule has 1 amide bonds. The number of nitrogens with zero attached hydrogens (tertiary/aromatic N) is 2. The second kappa shape index (κ2) is 8.67. The van der Waals surface area contributed by atoms with Crippen molar-refractivity contribution in [3.63, 3.8) is 0 Å². The molecule has 1 aliphatic rings. The molecule has 3 rings (SSSR count). The Hall–Kier alpha value is -2.33. The highest BCUT2D eigenvalue weighted by atomic mass is 16.6. The number of amides is 1. The standard InChI is InChI=1S/C21H26N2O2/c1-18-15-22(16-19-9-4-2-5-10-19)13-8-14-23(18)21(24)25-17-20-11-6-3-7-12-20/h2-7,9-12,18H,8,13-17H2,1H3. The SMILES string of the molecule is CC1CN(Cc2ccccc2)CCCN1C(=O)OCc1ccccc1. The normalized spacial score (nSPS) is 18.6. The highest BCUT2D eigenvalue weighted by Gasteiger charge is 2.26. The molecule has 0 saturated carbocycles. The molecular weight excluding hydrogens is 312 g/mol. The van der Waals surface area contributed by atoms with E-state index in [0.717, 1.165) is 38.2 Å². The first kappa shape index (κ1) is 17.5. The second-order valence-electron chi connectivity index (χ2n) is 6.66. The van der Waals surface area contributed by atoms with Gasteiger partial charge in [0.25, 0.3) is 0 Å². The zero-order valence-corrected chi connectivity index (χ0v) is 14.8. The molecule has 0 N–H and O–H groups in total. The Kier molecular flexibility index (Phi) is 6.07. The average Bonchev–Trinajstić information content (AvgIpc) is 2.82. The average molecular weight is 338 g/mol. The van der Waals surface area contributed by atoms with Crippen LogP contribution in [0.15, 0.2) is 60.7 Å². The molecule has 0 radical (unpaired) electrons. The highest BCUT2D eigenvalue weighted by Crippen LogP contribution is 2.15. The molecule has 1 saturated heterocycles. The summed E-state index contributed by atoms with van der Waals surface area (Å²) in [4.78, 5) is 16.8. The molecule has 132 valence electrons. The minimum Gasteiger partial charge on any atom is -0.445 e. The van der Waals surface area contributed by atoms with Crippen LogP contribution in [0.5, 0.6) is 0 Å². The first-order chi connectivity index (χ1) is 12.2. The van der Waals surface area contributed by atoms with Crippen molar-refractivity contribution in [1.82, 2.24) is 9.80 Å². The van der Waals surface area contributed by atoms with Gasteiger partial charge in [-0.3, -0.25) is 4.90 Å². The molecule has 4 heteroatoms. The predicted molar refractivity (Wildman–Crippen MR) is 99.1 cm³/mol. The van der Waals surface area contributed by atoms with Crippen molar-refractivity contribution in [3.05, 3.63) is 71.8 Å². The molecule has 1 unspecified atom stereocenters. The van der Waals surface area contributed by atoms with Gasteiger partial charge < -0.3 is 9.64 Å². The lowest BCUT2D eigenvalue weighted by atomic mass is 10.2. The number of carbonyl (C=O) groups is 1. The predicted octanol–water partition coefficient (Wildman–Crippen LogP) is 3.92. The third kappa shape index (κ3) is 5.07. The summed E-state index contributed by atoms with van der Waals surface area (Å²) >= 11 is 0. The fraction of sp³-hybridized carbons (Fsp3) is 0.381. The van der Waals surface area contributed by atoms with E-state index in [2.05, 4.69) is 36.1 Å². The van der Waals surface area contributed by atoms with E-state index in [-0.39, 0.29) is 12.1 Å². The Balaban J connectivity index is 1.53. The molecule has 0 bridgehead atoms. The van der Waals surface area contributed by atoms with Crippen molar-refractivity contribution in [2.45, 2.75) is 32.5 Å². The van der Waals surface area contributed by atoms with Crippen LogP contribution < -0.4 is 0 Å². The van der Waals surface area contributed by atoms with Crippen LogP contribution in [-0.2, 0) is 17.9 Å². The molecule has 1 aliphatic heterocycles. The van der Waals surface area contributed by atoms with E-state index in [1.165, 1.54) is 5.56 Å².